The number of hydrogen-bond donors (Lipinski definition) is 5. The van der Waals surface area contributed by atoms with Gasteiger partial charge in [0.1, 0.15) is 47.8 Å². The van der Waals surface area contributed by atoms with E-state index in [4.69, 9.17) is 13.9 Å². The van der Waals surface area contributed by atoms with Gasteiger partial charge in [0.2, 0.25) is 6.29 Å². The van der Waals surface area contributed by atoms with E-state index in [1.165, 1.54) is 36.6 Å². The molecular weight excluding hydrogens is 396 g/mol. The molecule has 0 spiro atoms. The van der Waals surface area contributed by atoms with Crippen LogP contribution < -0.4 is 10.2 Å². The zero-order valence-electron chi connectivity index (χ0n) is 15.6. The number of aliphatic hydroxyl groups excluding tert-OH is 4. The van der Waals surface area contributed by atoms with Crippen molar-refractivity contribution in [2.75, 3.05) is 6.61 Å². The van der Waals surface area contributed by atoms with Crippen LogP contribution in [-0.4, -0.2) is 62.8 Å². The quantitative estimate of drug-likeness (QED) is 0.406. The van der Waals surface area contributed by atoms with E-state index in [0.29, 0.717) is 16.5 Å². The lowest BCUT2D eigenvalue weighted by molar-refractivity contribution is -0.277. The molecule has 30 heavy (non-hydrogen) atoms. The van der Waals surface area contributed by atoms with Gasteiger partial charge in [-0.15, -0.1) is 0 Å². The van der Waals surface area contributed by atoms with Gasteiger partial charge in [-0.05, 0) is 29.8 Å². The molecule has 5 atom stereocenters. The van der Waals surface area contributed by atoms with E-state index in [0.717, 1.165) is 0 Å². The van der Waals surface area contributed by atoms with Crippen molar-refractivity contribution in [3.8, 4) is 22.6 Å². The minimum atomic E-state index is -1.56. The van der Waals surface area contributed by atoms with Gasteiger partial charge in [-0.1, -0.05) is 12.1 Å². The molecule has 5 N–H and O–H groups in total. The van der Waals surface area contributed by atoms with Crippen LogP contribution in [0.4, 0.5) is 0 Å². The highest BCUT2D eigenvalue weighted by Crippen LogP contribution is 2.27. The number of rotatable bonds is 4. The molecule has 0 amide bonds. The third-order valence-electron chi connectivity index (χ3n) is 5.03. The van der Waals surface area contributed by atoms with Gasteiger partial charge in [0.15, 0.2) is 5.43 Å². The number of aliphatic hydroxyl groups is 4. The fourth-order valence-corrected chi connectivity index (χ4v) is 3.32. The lowest BCUT2D eigenvalue weighted by Gasteiger charge is -2.39. The summed E-state index contributed by atoms with van der Waals surface area (Å²) in [6.07, 6.45) is -5.75. The first-order valence-corrected chi connectivity index (χ1v) is 9.21. The number of benzene rings is 2. The van der Waals surface area contributed by atoms with Gasteiger partial charge in [-0.3, -0.25) is 4.79 Å². The van der Waals surface area contributed by atoms with Crippen LogP contribution in [0.2, 0.25) is 0 Å². The van der Waals surface area contributed by atoms with Crippen LogP contribution in [0.3, 0.4) is 0 Å². The van der Waals surface area contributed by atoms with Crippen molar-refractivity contribution >= 4 is 11.0 Å². The first kappa shape index (κ1) is 20.3. The van der Waals surface area contributed by atoms with Gasteiger partial charge in [-0.2, -0.15) is 0 Å². The highest BCUT2D eigenvalue weighted by atomic mass is 16.7. The number of aromatic hydroxyl groups is 1. The SMILES string of the molecule is O=c1c(-c2ccc(O)cc2)coc2cc(O[C@H]3O[C@@H](CO)[C@H](O)[C@@H](O)[C@@H]3O)ccc12. The summed E-state index contributed by atoms with van der Waals surface area (Å²) in [4.78, 5) is 12.8. The molecule has 0 bridgehead atoms. The first-order chi connectivity index (χ1) is 14.4. The van der Waals surface area contributed by atoms with Crippen molar-refractivity contribution in [3.63, 3.8) is 0 Å². The van der Waals surface area contributed by atoms with Crippen LogP contribution in [0, 0.1) is 0 Å². The Bertz CT molecular complexity index is 1090. The van der Waals surface area contributed by atoms with Gasteiger partial charge in [0.25, 0.3) is 0 Å². The number of ether oxygens (including phenoxy) is 2. The summed E-state index contributed by atoms with van der Waals surface area (Å²) < 4.78 is 16.4. The first-order valence-electron chi connectivity index (χ1n) is 9.21. The number of hydrogen-bond acceptors (Lipinski definition) is 9. The fraction of sp³-hybridized carbons (Fsp3) is 0.286. The summed E-state index contributed by atoms with van der Waals surface area (Å²) in [5, 5.41) is 48.7. The summed E-state index contributed by atoms with van der Waals surface area (Å²) in [5.74, 6) is 0.270. The molecule has 1 aromatic heterocycles. The summed E-state index contributed by atoms with van der Waals surface area (Å²) in [5.41, 5.74) is 0.862. The molecule has 3 aromatic rings. The number of phenols is 1. The topological polar surface area (TPSA) is 150 Å². The minimum absolute atomic E-state index is 0.0823. The Hall–Kier alpha value is -2.95. The second kappa shape index (κ2) is 8.05. The van der Waals surface area contributed by atoms with E-state index in [1.807, 2.05) is 0 Å². The number of fused-ring (bicyclic) bond motifs is 1. The molecule has 1 aliphatic rings. The standard InChI is InChI=1S/C21H20O9/c22-8-16-18(25)19(26)20(27)21(30-16)29-12-5-6-13-15(7-12)28-9-14(17(13)24)10-1-3-11(23)4-2-10/h1-7,9,16,18-23,25-27H,8H2/t16-,18-,19+,20-,21-/m0/s1. The van der Waals surface area contributed by atoms with E-state index in [1.54, 1.807) is 12.1 Å². The Morgan fingerprint density at radius 2 is 1.70 bits per heavy atom. The zero-order chi connectivity index (χ0) is 21.4. The van der Waals surface area contributed by atoms with E-state index < -0.39 is 37.3 Å². The second-order valence-electron chi connectivity index (χ2n) is 7.00. The molecular formula is C21H20O9. The Morgan fingerprint density at radius 1 is 0.967 bits per heavy atom. The van der Waals surface area contributed by atoms with Gasteiger partial charge in [0.05, 0.1) is 17.6 Å². The van der Waals surface area contributed by atoms with Crippen LogP contribution in [0.15, 0.2) is 57.9 Å². The average Bonchev–Trinajstić information content (AvgIpc) is 2.75. The summed E-state index contributed by atoms with van der Waals surface area (Å²) >= 11 is 0. The predicted octanol–water partition coefficient (Wildman–Crippen LogP) is 0.344. The van der Waals surface area contributed by atoms with Gasteiger partial charge in [-0.25, -0.2) is 0 Å². The fourth-order valence-electron chi connectivity index (χ4n) is 3.32. The van der Waals surface area contributed by atoms with E-state index in [-0.39, 0.29) is 22.5 Å². The molecule has 1 fully saturated rings. The van der Waals surface area contributed by atoms with Crippen molar-refractivity contribution < 1.29 is 39.4 Å². The molecule has 9 heteroatoms. The Balaban J connectivity index is 1.62. The lowest BCUT2D eigenvalue weighted by Crippen LogP contribution is -2.60. The van der Waals surface area contributed by atoms with Crippen molar-refractivity contribution in [2.45, 2.75) is 30.7 Å². The normalized spacial score (nSPS) is 26.6. The maximum Gasteiger partial charge on any atom is 0.229 e. The Morgan fingerprint density at radius 3 is 2.40 bits per heavy atom. The molecule has 1 saturated heterocycles. The Labute approximate surface area is 170 Å². The van der Waals surface area contributed by atoms with Gasteiger partial charge < -0.3 is 39.4 Å². The smallest absolute Gasteiger partial charge is 0.229 e. The highest BCUT2D eigenvalue weighted by Gasteiger charge is 2.44. The molecule has 0 aliphatic carbocycles. The maximum atomic E-state index is 12.8. The predicted molar refractivity (Wildman–Crippen MR) is 104 cm³/mol. The molecule has 2 heterocycles. The van der Waals surface area contributed by atoms with Crippen molar-refractivity contribution in [3.05, 3.63) is 59.0 Å². The highest BCUT2D eigenvalue weighted by molar-refractivity contribution is 5.82. The average molecular weight is 416 g/mol. The second-order valence-corrected chi connectivity index (χ2v) is 7.00. The number of phenolic OH excluding ortho intramolecular Hbond substituents is 1. The van der Waals surface area contributed by atoms with Gasteiger partial charge >= 0.3 is 0 Å². The van der Waals surface area contributed by atoms with E-state index in [2.05, 4.69) is 0 Å². The van der Waals surface area contributed by atoms with Crippen LogP contribution in [-0.2, 0) is 4.74 Å². The van der Waals surface area contributed by atoms with Crippen LogP contribution in [0.25, 0.3) is 22.1 Å². The van der Waals surface area contributed by atoms with E-state index in [9.17, 15) is 30.3 Å². The van der Waals surface area contributed by atoms with Crippen molar-refractivity contribution in [1.82, 2.24) is 0 Å². The lowest BCUT2D eigenvalue weighted by atomic mass is 9.99. The van der Waals surface area contributed by atoms with Crippen LogP contribution in [0.1, 0.15) is 0 Å². The third-order valence-corrected chi connectivity index (χ3v) is 5.03. The summed E-state index contributed by atoms with van der Waals surface area (Å²) in [7, 11) is 0. The molecule has 1 aliphatic heterocycles. The van der Waals surface area contributed by atoms with Crippen LogP contribution >= 0.6 is 0 Å². The molecule has 0 saturated carbocycles. The largest absolute Gasteiger partial charge is 0.508 e. The van der Waals surface area contributed by atoms with Crippen molar-refractivity contribution in [1.29, 1.82) is 0 Å². The third kappa shape index (κ3) is 3.64. The molecule has 158 valence electrons. The maximum absolute atomic E-state index is 12.8. The summed E-state index contributed by atoms with van der Waals surface area (Å²) in [6, 6.07) is 10.5. The summed E-state index contributed by atoms with van der Waals surface area (Å²) in [6.45, 7) is -0.572. The molecule has 0 unspecified atom stereocenters. The monoisotopic (exact) mass is 416 g/mol. The van der Waals surface area contributed by atoms with Crippen LogP contribution in [0.5, 0.6) is 11.5 Å². The van der Waals surface area contributed by atoms with Crippen molar-refractivity contribution in [2.24, 2.45) is 0 Å². The molecule has 9 nitrogen and oxygen atoms in total. The Kier molecular flexibility index (Phi) is 5.46. The molecule has 4 rings (SSSR count). The zero-order valence-corrected chi connectivity index (χ0v) is 15.6. The molecule has 2 aromatic carbocycles. The minimum Gasteiger partial charge on any atom is -0.508 e. The molecule has 0 radical (unpaired) electrons. The van der Waals surface area contributed by atoms with E-state index >= 15 is 0 Å². The van der Waals surface area contributed by atoms with Gasteiger partial charge in [0, 0.05) is 6.07 Å².